The van der Waals surface area contributed by atoms with Gasteiger partial charge in [-0.05, 0) is 62.1 Å². The molecule has 1 N–H and O–H groups in total. The van der Waals surface area contributed by atoms with E-state index in [-0.39, 0.29) is 23.6 Å². The van der Waals surface area contributed by atoms with Crippen LogP contribution in [0.4, 0.5) is 4.39 Å². The minimum absolute atomic E-state index is 0.0794. The molecule has 0 heterocycles. The SMILES string of the molecule is O=C(NCCC1=CCCCC1)C1CC1c1ccc(F)cc1. The zero-order valence-corrected chi connectivity index (χ0v) is 12.3. The van der Waals surface area contributed by atoms with Gasteiger partial charge in [-0.2, -0.15) is 0 Å². The van der Waals surface area contributed by atoms with Crippen LogP contribution in [0.3, 0.4) is 0 Å². The number of carbonyl (C=O) groups excluding carboxylic acids is 1. The summed E-state index contributed by atoms with van der Waals surface area (Å²) in [5.74, 6) is 0.289. The Morgan fingerprint density at radius 1 is 1.24 bits per heavy atom. The second kappa shape index (κ2) is 6.42. The van der Waals surface area contributed by atoms with Gasteiger partial charge in [0, 0.05) is 12.5 Å². The Morgan fingerprint density at radius 3 is 2.76 bits per heavy atom. The molecule has 0 aliphatic heterocycles. The molecule has 2 aliphatic rings. The maximum Gasteiger partial charge on any atom is 0.223 e. The van der Waals surface area contributed by atoms with Crippen LogP contribution < -0.4 is 5.32 Å². The standard InChI is InChI=1S/C18H22FNO/c19-15-8-6-14(7-9-15)16-12-17(16)18(21)20-11-10-13-4-2-1-3-5-13/h4,6-9,16-17H,1-3,5,10-12H2,(H,20,21). The van der Waals surface area contributed by atoms with E-state index in [0.29, 0.717) is 0 Å². The number of rotatable bonds is 5. The number of hydrogen-bond acceptors (Lipinski definition) is 1. The predicted molar refractivity (Wildman–Crippen MR) is 81.4 cm³/mol. The Balaban J connectivity index is 1.42. The molecule has 0 aromatic heterocycles. The second-order valence-corrected chi connectivity index (χ2v) is 6.15. The lowest BCUT2D eigenvalue weighted by atomic mass is 9.97. The van der Waals surface area contributed by atoms with Crippen molar-refractivity contribution < 1.29 is 9.18 Å². The number of nitrogens with one attached hydrogen (secondary N) is 1. The fourth-order valence-corrected chi connectivity index (χ4v) is 3.17. The summed E-state index contributed by atoms with van der Waals surface area (Å²) in [5, 5.41) is 3.05. The third kappa shape index (κ3) is 3.72. The normalized spacial score (nSPS) is 24.3. The minimum atomic E-state index is -0.221. The van der Waals surface area contributed by atoms with Crippen LogP contribution in [0.25, 0.3) is 0 Å². The molecule has 2 aliphatic carbocycles. The first-order valence-electron chi connectivity index (χ1n) is 7.95. The highest BCUT2D eigenvalue weighted by atomic mass is 19.1. The van der Waals surface area contributed by atoms with Gasteiger partial charge in [-0.15, -0.1) is 0 Å². The smallest absolute Gasteiger partial charge is 0.223 e. The van der Waals surface area contributed by atoms with E-state index in [2.05, 4.69) is 11.4 Å². The number of benzene rings is 1. The number of halogens is 1. The van der Waals surface area contributed by atoms with E-state index < -0.39 is 0 Å². The van der Waals surface area contributed by atoms with Crippen LogP contribution in [0.1, 0.15) is 50.0 Å². The van der Waals surface area contributed by atoms with E-state index in [4.69, 9.17) is 0 Å². The first kappa shape index (κ1) is 14.3. The van der Waals surface area contributed by atoms with Gasteiger partial charge in [-0.3, -0.25) is 4.79 Å². The van der Waals surface area contributed by atoms with Crippen LogP contribution in [0.2, 0.25) is 0 Å². The van der Waals surface area contributed by atoms with Crippen LogP contribution in [0.15, 0.2) is 35.9 Å². The molecule has 0 bridgehead atoms. The Kier molecular flexibility index (Phi) is 4.37. The average Bonchev–Trinajstić information content (AvgIpc) is 3.30. The van der Waals surface area contributed by atoms with Gasteiger partial charge in [-0.25, -0.2) is 4.39 Å². The van der Waals surface area contributed by atoms with E-state index in [1.165, 1.54) is 43.4 Å². The van der Waals surface area contributed by atoms with Crippen molar-refractivity contribution in [1.29, 1.82) is 0 Å². The van der Waals surface area contributed by atoms with Crippen molar-refractivity contribution in [3.63, 3.8) is 0 Å². The van der Waals surface area contributed by atoms with Crippen molar-refractivity contribution in [3.05, 3.63) is 47.3 Å². The maximum atomic E-state index is 12.9. The summed E-state index contributed by atoms with van der Waals surface area (Å²) in [7, 11) is 0. The van der Waals surface area contributed by atoms with Gasteiger partial charge in [0.25, 0.3) is 0 Å². The fraction of sp³-hybridized carbons (Fsp3) is 0.500. The third-order valence-corrected chi connectivity index (χ3v) is 4.56. The van der Waals surface area contributed by atoms with E-state index in [9.17, 15) is 9.18 Å². The lowest BCUT2D eigenvalue weighted by molar-refractivity contribution is -0.122. The number of amides is 1. The van der Waals surface area contributed by atoms with Gasteiger partial charge < -0.3 is 5.32 Å². The molecule has 3 rings (SSSR count). The highest BCUT2D eigenvalue weighted by Gasteiger charge is 2.43. The summed E-state index contributed by atoms with van der Waals surface area (Å²) >= 11 is 0. The highest BCUT2D eigenvalue weighted by Crippen LogP contribution is 2.47. The molecule has 3 heteroatoms. The van der Waals surface area contributed by atoms with Crippen LogP contribution in [0.5, 0.6) is 0 Å². The Morgan fingerprint density at radius 2 is 2.05 bits per heavy atom. The van der Waals surface area contributed by atoms with Crippen molar-refractivity contribution in [3.8, 4) is 0 Å². The van der Waals surface area contributed by atoms with Gasteiger partial charge in [0.1, 0.15) is 5.82 Å². The van der Waals surface area contributed by atoms with Gasteiger partial charge in [0.2, 0.25) is 5.91 Å². The highest BCUT2D eigenvalue weighted by molar-refractivity contribution is 5.82. The molecule has 1 saturated carbocycles. The fourth-order valence-electron chi connectivity index (χ4n) is 3.17. The predicted octanol–water partition coefficient (Wildman–Crippen LogP) is 3.94. The molecular formula is C18H22FNO. The van der Waals surface area contributed by atoms with Crippen molar-refractivity contribution in [2.24, 2.45) is 5.92 Å². The first-order valence-corrected chi connectivity index (χ1v) is 7.95. The molecule has 2 nitrogen and oxygen atoms in total. The van der Waals surface area contributed by atoms with Crippen molar-refractivity contribution in [2.75, 3.05) is 6.54 Å². The van der Waals surface area contributed by atoms with Crippen LogP contribution in [-0.4, -0.2) is 12.5 Å². The van der Waals surface area contributed by atoms with Gasteiger partial charge >= 0.3 is 0 Å². The van der Waals surface area contributed by atoms with Crippen LogP contribution >= 0.6 is 0 Å². The van der Waals surface area contributed by atoms with E-state index in [1.807, 2.05) is 0 Å². The van der Waals surface area contributed by atoms with Gasteiger partial charge in [-0.1, -0.05) is 23.8 Å². The lowest BCUT2D eigenvalue weighted by Gasteiger charge is -2.13. The topological polar surface area (TPSA) is 29.1 Å². The zero-order chi connectivity index (χ0) is 14.7. The van der Waals surface area contributed by atoms with E-state index in [1.54, 1.807) is 12.1 Å². The maximum absolute atomic E-state index is 12.9. The number of hydrogen-bond donors (Lipinski definition) is 1. The molecule has 0 saturated heterocycles. The van der Waals surface area contributed by atoms with Crippen LogP contribution in [-0.2, 0) is 4.79 Å². The molecule has 0 spiro atoms. The second-order valence-electron chi connectivity index (χ2n) is 6.15. The summed E-state index contributed by atoms with van der Waals surface area (Å²) in [6, 6.07) is 6.52. The lowest BCUT2D eigenvalue weighted by Crippen LogP contribution is -2.26. The molecule has 2 atom stereocenters. The molecule has 1 amide bonds. The summed E-state index contributed by atoms with van der Waals surface area (Å²) in [6.07, 6.45) is 9.18. The van der Waals surface area contributed by atoms with Crippen molar-refractivity contribution in [2.45, 2.75) is 44.4 Å². The van der Waals surface area contributed by atoms with Crippen molar-refractivity contribution >= 4 is 5.91 Å². The monoisotopic (exact) mass is 287 g/mol. The summed E-state index contributed by atoms with van der Waals surface area (Å²) in [6.45, 7) is 0.747. The Hall–Kier alpha value is -1.64. The number of allylic oxidation sites excluding steroid dienone is 1. The molecule has 0 radical (unpaired) electrons. The van der Waals surface area contributed by atoms with Gasteiger partial charge in [0.05, 0.1) is 0 Å². The van der Waals surface area contributed by atoms with Crippen LogP contribution in [0, 0.1) is 11.7 Å². The molecule has 112 valence electrons. The first-order chi connectivity index (χ1) is 10.2. The molecular weight excluding hydrogens is 265 g/mol. The zero-order valence-electron chi connectivity index (χ0n) is 12.3. The average molecular weight is 287 g/mol. The quantitative estimate of drug-likeness (QED) is 0.817. The Labute approximate surface area is 125 Å². The molecule has 21 heavy (non-hydrogen) atoms. The van der Waals surface area contributed by atoms with E-state index >= 15 is 0 Å². The summed E-state index contributed by atoms with van der Waals surface area (Å²) in [4.78, 5) is 12.1. The largest absolute Gasteiger partial charge is 0.356 e. The summed E-state index contributed by atoms with van der Waals surface area (Å²) < 4.78 is 12.9. The third-order valence-electron chi connectivity index (χ3n) is 4.56. The van der Waals surface area contributed by atoms with E-state index in [0.717, 1.165) is 24.9 Å². The molecule has 2 unspecified atom stereocenters. The molecule has 1 aromatic rings. The number of carbonyl (C=O) groups is 1. The molecule has 1 fully saturated rings. The molecule has 1 aromatic carbocycles. The Bertz CT molecular complexity index is 535. The van der Waals surface area contributed by atoms with Gasteiger partial charge in [0.15, 0.2) is 0 Å². The minimum Gasteiger partial charge on any atom is -0.356 e. The van der Waals surface area contributed by atoms with Crippen molar-refractivity contribution in [1.82, 2.24) is 5.32 Å². The summed E-state index contributed by atoms with van der Waals surface area (Å²) in [5.41, 5.74) is 2.57.